The molecule has 42 heavy (non-hydrogen) atoms. The molecule has 6 rings (SSSR count). The second-order valence-electron chi connectivity index (χ2n) is 9.88. The van der Waals surface area contributed by atoms with Crippen LogP contribution in [0.2, 0.25) is 10.2 Å². The molecule has 212 valence electrons. The smallest absolute Gasteiger partial charge is 0.254 e. The van der Waals surface area contributed by atoms with Crippen LogP contribution >= 0.6 is 23.2 Å². The van der Waals surface area contributed by atoms with Gasteiger partial charge in [0.05, 0.1) is 35.4 Å². The minimum Gasteiger partial charge on any atom is -0.324 e. The third kappa shape index (κ3) is 5.85. The van der Waals surface area contributed by atoms with E-state index in [0.717, 1.165) is 11.1 Å². The highest BCUT2D eigenvalue weighted by atomic mass is 35.5. The first-order valence-electron chi connectivity index (χ1n) is 12.8. The number of rotatable bonds is 7. The van der Waals surface area contributed by atoms with E-state index in [9.17, 15) is 18.0 Å². The number of aromatic nitrogens is 5. The van der Waals surface area contributed by atoms with Gasteiger partial charge in [0, 0.05) is 28.8 Å². The van der Waals surface area contributed by atoms with Crippen LogP contribution < -0.4 is 10.9 Å². The second kappa shape index (κ2) is 11.2. The molecule has 0 bridgehead atoms. The van der Waals surface area contributed by atoms with Gasteiger partial charge in [0.2, 0.25) is 5.91 Å². The summed E-state index contributed by atoms with van der Waals surface area (Å²) < 4.78 is 26.8. The lowest BCUT2D eigenvalue weighted by molar-refractivity contribution is -0.119. The molecule has 1 aliphatic rings. The highest BCUT2D eigenvalue weighted by molar-refractivity contribution is 7.90. The number of nitrogens with one attached hydrogen (secondary N) is 1. The zero-order valence-electron chi connectivity index (χ0n) is 21.8. The number of carbonyl (C=O) groups is 1. The highest BCUT2D eigenvalue weighted by Crippen LogP contribution is 2.30. The van der Waals surface area contributed by atoms with Crippen LogP contribution in [0, 0.1) is 0 Å². The number of anilines is 1. The van der Waals surface area contributed by atoms with E-state index in [-0.39, 0.29) is 23.1 Å². The first-order chi connectivity index (χ1) is 20.1. The van der Waals surface area contributed by atoms with Crippen LogP contribution in [-0.4, -0.2) is 38.9 Å². The lowest BCUT2D eigenvalue weighted by Gasteiger charge is -2.20. The molecular weight excluding hydrogens is 599 g/mol. The lowest BCUT2D eigenvalue weighted by atomic mass is 10.0. The third-order valence-corrected chi connectivity index (χ3v) is 8.83. The molecule has 3 aromatic carbocycles. The summed E-state index contributed by atoms with van der Waals surface area (Å²) in [6.45, 7) is 0. The van der Waals surface area contributed by atoms with Gasteiger partial charge in [0.1, 0.15) is 6.04 Å². The van der Waals surface area contributed by atoms with E-state index >= 15 is 0 Å². The van der Waals surface area contributed by atoms with Crippen LogP contribution in [0.1, 0.15) is 22.7 Å². The van der Waals surface area contributed by atoms with Crippen molar-refractivity contribution in [2.24, 2.45) is 0 Å². The van der Waals surface area contributed by atoms with Crippen LogP contribution in [0.5, 0.6) is 0 Å². The maximum Gasteiger partial charge on any atom is 0.254 e. The molecule has 2 aromatic heterocycles. The molecule has 0 fully saturated rings. The zero-order valence-corrected chi connectivity index (χ0v) is 24.1. The summed E-state index contributed by atoms with van der Waals surface area (Å²) in [4.78, 5) is 31.7. The molecule has 5 aromatic rings. The van der Waals surface area contributed by atoms with Crippen molar-refractivity contribution in [3.63, 3.8) is 0 Å². The van der Waals surface area contributed by atoms with Crippen molar-refractivity contribution in [1.82, 2.24) is 24.5 Å². The molecule has 0 spiro atoms. The van der Waals surface area contributed by atoms with E-state index in [1.165, 1.54) is 27.8 Å². The van der Waals surface area contributed by atoms with E-state index in [2.05, 4.69) is 20.6 Å². The number of halogens is 2. The first kappa shape index (κ1) is 27.8. The Bertz CT molecular complexity index is 1990. The summed E-state index contributed by atoms with van der Waals surface area (Å²) in [5, 5.41) is 11.3. The number of benzene rings is 3. The lowest BCUT2D eigenvalue weighted by Crippen LogP contribution is -2.34. The summed E-state index contributed by atoms with van der Waals surface area (Å²) in [6.07, 6.45) is 3.07. The average molecular weight is 622 g/mol. The standard InChI is InChI=1S/C29H22Cl2N6O4S/c30-21-7-9-25(37-14-27(31)34-35-37)23(12-21)24-13-28(38)36(17-32-24)26(10-18-4-2-1-3-5-18)29(39)33-22-8-6-19-15-42(40,41)16-20(19)11-22/h1-9,11-14,17,26H,10,15-16H2,(H,33,39)/t26-/m0/s1. The van der Waals surface area contributed by atoms with Gasteiger partial charge >= 0.3 is 0 Å². The number of carbonyl (C=O) groups excluding carboxylic acids is 1. The fourth-order valence-corrected chi connectivity index (χ4v) is 6.85. The quantitative estimate of drug-likeness (QED) is 0.280. The fourth-order valence-electron chi connectivity index (χ4n) is 4.95. The van der Waals surface area contributed by atoms with Gasteiger partial charge in [-0.15, -0.1) is 5.10 Å². The Balaban J connectivity index is 1.35. The monoisotopic (exact) mass is 620 g/mol. The summed E-state index contributed by atoms with van der Waals surface area (Å²) in [6, 6.07) is 19.8. The minimum absolute atomic E-state index is 0.0150. The van der Waals surface area contributed by atoms with Gasteiger partial charge in [0.25, 0.3) is 5.56 Å². The molecule has 0 unspecified atom stereocenters. The zero-order chi connectivity index (χ0) is 29.4. The maximum atomic E-state index is 13.7. The summed E-state index contributed by atoms with van der Waals surface area (Å²) in [7, 11) is -3.20. The number of hydrogen-bond donors (Lipinski definition) is 1. The van der Waals surface area contributed by atoms with Crippen LogP contribution in [0.25, 0.3) is 16.9 Å². The van der Waals surface area contributed by atoms with Crippen molar-refractivity contribution < 1.29 is 13.2 Å². The predicted molar refractivity (Wildman–Crippen MR) is 159 cm³/mol. The third-order valence-electron chi connectivity index (χ3n) is 6.92. The van der Waals surface area contributed by atoms with Crippen molar-refractivity contribution >= 4 is 44.6 Å². The Morgan fingerprint density at radius 1 is 0.976 bits per heavy atom. The molecule has 1 N–H and O–H groups in total. The Morgan fingerprint density at radius 3 is 2.50 bits per heavy atom. The number of fused-ring (bicyclic) bond motifs is 1. The number of nitrogens with zero attached hydrogens (tertiary/aromatic N) is 5. The molecule has 0 radical (unpaired) electrons. The Kier molecular flexibility index (Phi) is 7.40. The normalized spacial score (nSPS) is 14.3. The number of sulfone groups is 1. The highest BCUT2D eigenvalue weighted by Gasteiger charge is 2.27. The molecule has 0 saturated heterocycles. The molecule has 1 amide bonds. The van der Waals surface area contributed by atoms with Gasteiger partial charge in [-0.2, -0.15) is 0 Å². The second-order valence-corrected chi connectivity index (χ2v) is 12.8. The molecule has 3 heterocycles. The van der Waals surface area contributed by atoms with Crippen LogP contribution in [-0.2, 0) is 32.6 Å². The number of hydrogen-bond acceptors (Lipinski definition) is 7. The van der Waals surface area contributed by atoms with E-state index in [1.54, 1.807) is 36.4 Å². The van der Waals surface area contributed by atoms with Gasteiger partial charge in [-0.1, -0.05) is 64.8 Å². The van der Waals surface area contributed by atoms with Gasteiger partial charge in [0.15, 0.2) is 15.0 Å². The summed E-state index contributed by atoms with van der Waals surface area (Å²) in [5.74, 6) is -0.535. The van der Waals surface area contributed by atoms with Crippen molar-refractivity contribution in [3.05, 3.63) is 123 Å². The molecule has 1 atom stereocenters. The Labute approximate surface area is 250 Å². The largest absolute Gasteiger partial charge is 0.324 e. The van der Waals surface area contributed by atoms with E-state index in [0.29, 0.717) is 33.2 Å². The minimum atomic E-state index is -3.20. The molecule has 0 saturated carbocycles. The van der Waals surface area contributed by atoms with Crippen LogP contribution in [0.15, 0.2) is 90.1 Å². The maximum absolute atomic E-state index is 13.7. The Morgan fingerprint density at radius 2 is 1.76 bits per heavy atom. The fraction of sp³-hybridized carbons (Fsp3) is 0.138. The summed E-state index contributed by atoms with van der Waals surface area (Å²) >= 11 is 12.2. The SMILES string of the molecule is O=C(Nc1ccc2c(c1)CS(=O)(=O)C2)[C@H](Cc1ccccc1)n1cnc(-c2cc(Cl)ccc2-n2cc(Cl)nn2)cc1=O. The molecular formula is C29H22Cl2N6O4S. The van der Waals surface area contributed by atoms with Crippen molar-refractivity contribution in [1.29, 1.82) is 0 Å². The van der Waals surface area contributed by atoms with Crippen LogP contribution in [0.3, 0.4) is 0 Å². The van der Waals surface area contributed by atoms with Crippen molar-refractivity contribution in [2.45, 2.75) is 24.0 Å². The van der Waals surface area contributed by atoms with Gasteiger partial charge < -0.3 is 5.32 Å². The van der Waals surface area contributed by atoms with Crippen LogP contribution in [0.4, 0.5) is 5.69 Å². The Hall–Kier alpha value is -4.32. The van der Waals surface area contributed by atoms with E-state index in [4.69, 9.17) is 23.2 Å². The first-order valence-corrected chi connectivity index (χ1v) is 15.4. The molecule has 13 heteroatoms. The molecule has 0 aliphatic carbocycles. The molecule has 1 aliphatic heterocycles. The van der Waals surface area contributed by atoms with Gasteiger partial charge in [-0.3, -0.25) is 14.2 Å². The summed E-state index contributed by atoms with van der Waals surface area (Å²) in [5.41, 5.74) is 3.60. The predicted octanol–water partition coefficient (Wildman–Crippen LogP) is 4.65. The van der Waals surface area contributed by atoms with Crippen molar-refractivity contribution in [2.75, 3.05) is 5.32 Å². The van der Waals surface area contributed by atoms with Gasteiger partial charge in [-0.25, -0.2) is 18.1 Å². The van der Waals surface area contributed by atoms with E-state index < -0.39 is 27.3 Å². The van der Waals surface area contributed by atoms with Gasteiger partial charge in [-0.05, 0) is 47.0 Å². The topological polar surface area (TPSA) is 129 Å². The average Bonchev–Trinajstić information content (AvgIpc) is 3.53. The van der Waals surface area contributed by atoms with E-state index in [1.807, 2.05) is 30.3 Å². The molecule has 10 nitrogen and oxygen atoms in total. The van der Waals surface area contributed by atoms with Crippen molar-refractivity contribution in [3.8, 4) is 16.9 Å². The number of amides is 1.